The molecule has 0 fully saturated rings. The summed E-state index contributed by atoms with van der Waals surface area (Å²) < 4.78 is 5.30. The van der Waals surface area contributed by atoms with Crippen molar-refractivity contribution in [2.24, 2.45) is 0 Å². The van der Waals surface area contributed by atoms with Gasteiger partial charge in [-0.05, 0) is 48.5 Å². The molecule has 0 saturated heterocycles. The summed E-state index contributed by atoms with van der Waals surface area (Å²) in [5.74, 6) is -0.398. The molecule has 0 atom stereocenters. The summed E-state index contributed by atoms with van der Waals surface area (Å²) in [6.45, 7) is 0. The number of aromatic nitrogens is 1. The van der Waals surface area contributed by atoms with Gasteiger partial charge in [-0.1, -0.05) is 18.2 Å². The Bertz CT molecular complexity index is 1390. The Morgan fingerprint density at radius 1 is 1.03 bits per heavy atom. The highest BCUT2D eigenvalue weighted by molar-refractivity contribution is 6.11. The van der Waals surface area contributed by atoms with Crippen LogP contribution in [0.2, 0.25) is 0 Å². The fourth-order valence-electron chi connectivity index (χ4n) is 3.33. The predicted octanol–water partition coefficient (Wildman–Crippen LogP) is 4.49. The van der Waals surface area contributed by atoms with E-state index in [1.807, 2.05) is 18.2 Å². The first kappa shape index (κ1) is 22.3. The number of non-ortho nitro benzene ring substituents is 1. The lowest BCUT2D eigenvalue weighted by molar-refractivity contribution is -0.384. The van der Waals surface area contributed by atoms with E-state index in [1.165, 1.54) is 24.3 Å². The van der Waals surface area contributed by atoms with Crippen molar-refractivity contribution >= 4 is 40.2 Å². The number of methoxy groups -OCH3 is 1. The van der Waals surface area contributed by atoms with Gasteiger partial charge in [0.1, 0.15) is 11.4 Å². The Morgan fingerprint density at radius 2 is 1.76 bits per heavy atom. The van der Waals surface area contributed by atoms with Crippen LogP contribution in [-0.2, 0) is 4.79 Å². The molecule has 170 valence electrons. The monoisotopic (exact) mass is 456 g/mol. The first-order chi connectivity index (χ1) is 16.4. The van der Waals surface area contributed by atoms with Crippen molar-refractivity contribution in [2.75, 3.05) is 12.4 Å². The SMILES string of the molecule is COc1ccc2[nH]cc(/C=C(\NC(=O)c3ccccc3)C(=O)Nc3ccc([N+](=O)[O-])cc3)c2c1. The molecule has 0 radical (unpaired) electrons. The molecule has 1 heterocycles. The van der Waals surface area contributed by atoms with Gasteiger partial charge >= 0.3 is 0 Å². The number of ether oxygens (including phenoxy) is 1. The molecular weight excluding hydrogens is 436 g/mol. The van der Waals surface area contributed by atoms with E-state index in [9.17, 15) is 19.7 Å². The molecule has 0 unspecified atom stereocenters. The minimum atomic E-state index is -0.588. The number of carbonyl (C=O) groups excluding carboxylic acids is 2. The molecule has 0 aliphatic rings. The molecule has 3 aromatic carbocycles. The Morgan fingerprint density at radius 3 is 2.44 bits per heavy atom. The third-order valence-electron chi connectivity index (χ3n) is 5.09. The third-order valence-corrected chi connectivity index (χ3v) is 5.09. The molecule has 4 aromatic rings. The van der Waals surface area contributed by atoms with Gasteiger partial charge in [0.15, 0.2) is 0 Å². The Balaban J connectivity index is 1.68. The van der Waals surface area contributed by atoms with Gasteiger partial charge in [0.2, 0.25) is 0 Å². The maximum Gasteiger partial charge on any atom is 0.272 e. The Kier molecular flexibility index (Phi) is 6.35. The number of hydrogen-bond donors (Lipinski definition) is 3. The number of aromatic amines is 1. The van der Waals surface area contributed by atoms with Crippen LogP contribution in [0, 0.1) is 10.1 Å². The summed E-state index contributed by atoms with van der Waals surface area (Å²) in [7, 11) is 1.56. The summed E-state index contributed by atoms with van der Waals surface area (Å²) in [5, 5.41) is 17.0. The van der Waals surface area contributed by atoms with Gasteiger partial charge in [0.05, 0.1) is 12.0 Å². The van der Waals surface area contributed by atoms with Crippen molar-refractivity contribution in [3.8, 4) is 5.75 Å². The topological polar surface area (TPSA) is 126 Å². The van der Waals surface area contributed by atoms with Crippen LogP contribution in [0.25, 0.3) is 17.0 Å². The Labute approximate surface area is 194 Å². The smallest absolute Gasteiger partial charge is 0.272 e. The van der Waals surface area contributed by atoms with Gasteiger partial charge in [0, 0.05) is 46.0 Å². The first-order valence-electron chi connectivity index (χ1n) is 10.2. The number of hydrogen-bond acceptors (Lipinski definition) is 5. The molecule has 9 heteroatoms. The number of H-pyrrole nitrogens is 1. The molecule has 0 aliphatic carbocycles. The molecule has 2 amide bonds. The lowest BCUT2D eigenvalue weighted by atomic mass is 10.1. The molecule has 1 aromatic heterocycles. The van der Waals surface area contributed by atoms with Crippen LogP contribution in [0.4, 0.5) is 11.4 Å². The molecule has 4 rings (SSSR count). The van der Waals surface area contributed by atoms with Gasteiger partial charge in [0.25, 0.3) is 17.5 Å². The lowest BCUT2D eigenvalue weighted by Gasteiger charge is -2.11. The molecular formula is C25H20N4O5. The molecule has 0 aliphatic heterocycles. The van der Waals surface area contributed by atoms with E-state index in [0.29, 0.717) is 22.6 Å². The summed E-state index contributed by atoms with van der Waals surface area (Å²) in [6, 6.07) is 19.4. The van der Waals surface area contributed by atoms with E-state index in [2.05, 4.69) is 15.6 Å². The van der Waals surface area contributed by atoms with Crippen molar-refractivity contribution in [2.45, 2.75) is 0 Å². The lowest BCUT2D eigenvalue weighted by Crippen LogP contribution is -2.30. The number of nitrogens with zero attached hydrogens (tertiary/aromatic N) is 1. The number of nitro benzene ring substituents is 1. The van der Waals surface area contributed by atoms with E-state index >= 15 is 0 Å². The van der Waals surface area contributed by atoms with Crippen molar-refractivity contribution in [3.63, 3.8) is 0 Å². The summed E-state index contributed by atoms with van der Waals surface area (Å²) in [6.07, 6.45) is 3.28. The number of nitro groups is 1. The second-order valence-electron chi connectivity index (χ2n) is 7.29. The van der Waals surface area contributed by atoms with Crippen LogP contribution in [0.15, 0.2) is 84.7 Å². The molecule has 0 bridgehead atoms. The highest BCUT2D eigenvalue weighted by Crippen LogP contribution is 2.25. The fourth-order valence-corrected chi connectivity index (χ4v) is 3.33. The van der Waals surface area contributed by atoms with E-state index in [0.717, 1.165) is 10.9 Å². The van der Waals surface area contributed by atoms with Crippen LogP contribution >= 0.6 is 0 Å². The number of benzene rings is 3. The van der Waals surface area contributed by atoms with Gasteiger partial charge in [-0.25, -0.2) is 0 Å². The normalized spacial score (nSPS) is 11.1. The fraction of sp³-hybridized carbons (Fsp3) is 0.0400. The molecule has 0 spiro atoms. The molecule has 34 heavy (non-hydrogen) atoms. The van der Waals surface area contributed by atoms with E-state index in [4.69, 9.17) is 4.74 Å². The second kappa shape index (κ2) is 9.70. The maximum absolute atomic E-state index is 13.1. The first-order valence-corrected chi connectivity index (χ1v) is 10.2. The zero-order valence-electron chi connectivity index (χ0n) is 18.1. The van der Waals surface area contributed by atoms with Crippen LogP contribution in [0.1, 0.15) is 15.9 Å². The van der Waals surface area contributed by atoms with Crippen LogP contribution in [0.3, 0.4) is 0 Å². The van der Waals surface area contributed by atoms with Gasteiger partial charge in [-0.3, -0.25) is 19.7 Å². The average Bonchev–Trinajstić information content (AvgIpc) is 3.26. The minimum absolute atomic E-state index is 0.00377. The highest BCUT2D eigenvalue weighted by Gasteiger charge is 2.17. The Hall–Kier alpha value is -4.92. The van der Waals surface area contributed by atoms with Crippen LogP contribution < -0.4 is 15.4 Å². The minimum Gasteiger partial charge on any atom is -0.497 e. The zero-order chi connectivity index (χ0) is 24.1. The number of rotatable bonds is 7. The van der Waals surface area contributed by atoms with Crippen molar-refractivity contribution in [1.82, 2.24) is 10.3 Å². The van der Waals surface area contributed by atoms with E-state index in [1.54, 1.807) is 49.7 Å². The standard InChI is InChI=1S/C25H20N4O5/c1-34-20-11-12-22-21(14-20)17(15-26-22)13-23(28-24(30)16-5-3-2-4-6-16)25(31)27-18-7-9-19(10-8-18)29(32)33/h2-15,26H,1H3,(H,27,31)(H,28,30)/b23-13-. The molecule has 3 N–H and O–H groups in total. The predicted molar refractivity (Wildman–Crippen MR) is 128 cm³/mol. The van der Waals surface area contributed by atoms with Crippen molar-refractivity contribution in [1.29, 1.82) is 0 Å². The van der Waals surface area contributed by atoms with E-state index in [-0.39, 0.29) is 11.4 Å². The average molecular weight is 456 g/mol. The van der Waals surface area contributed by atoms with Gasteiger partial charge < -0.3 is 20.4 Å². The number of carbonyl (C=O) groups is 2. The van der Waals surface area contributed by atoms with Crippen LogP contribution in [-0.4, -0.2) is 28.8 Å². The second-order valence-corrected chi connectivity index (χ2v) is 7.29. The van der Waals surface area contributed by atoms with Crippen LogP contribution in [0.5, 0.6) is 5.75 Å². The number of anilines is 1. The summed E-state index contributed by atoms with van der Waals surface area (Å²) in [5.41, 5.74) is 2.12. The van der Waals surface area contributed by atoms with Gasteiger partial charge in [-0.2, -0.15) is 0 Å². The number of fused-ring (bicyclic) bond motifs is 1. The number of nitrogens with one attached hydrogen (secondary N) is 3. The molecule has 9 nitrogen and oxygen atoms in total. The van der Waals surface area contributed by atoms with Crippen molar-refractivity contribution in [3.05, 3.63) is 106 Å². The summed E-state index contributed by atoms with van der Waals surface area (Å²) >= 11 is 0. The largest absolute Gasteiger partial charge is 0.497 e. The highest BCUT2D eigenvalue weighted by atomic mass is 16.6. The molecule has 0 saturated carbocycles. The van der Waals surface area contributed by atoms with E-state index < -0.39 is 16.7 Å². The summed E-state index contributed by atoms with van der Waals surface area (Å²) in [4.78, 5) is 39.4. The maximum atomic E-state index is 13.1. The number of amides is 2. The quantitative estimate of drug-likeness (QED) is 0.214. The van der Waals surface area contributed by atoms with Gasteiger partial charge in [-0.15, -0.1) is 0 Å². The third kappa shape index (κ3) is 4.94. The van der Waals surface area contributed by atoms with Crippen molar-refractivity contribution < 1.29 is 19.2 Å². The zero-order valence-corrected chi connectivity index (χ0v) is 18.1.